The van der Waals surface area contributed by atoms with E-state index in [9.17, 15) is 0 Å². The first kappa shape index (κ1) is 8.69. The Labute approximate surface area is 78.1 Å². The molecule has 0 bridgehead atoms. The highest BCUT2D eigenvalue weighted by molar-refractivity contribution is 4.95. The van der Waals surface area contributed by atoms with Gasteiger partial charge in [0.15, 0.2) is 0 Å². The highest BCUT2D eigenvalue weighted by Crippen LogP contribution is 2.30. The van der Waals surface area contributed by atoms with E-state index in [2.05, 4.69) is 14.8 Å². The maximum atomic E-state index is 5.80. The van der Waals surface area contributed by atoms with Crippen LogP contribution in [0.4, 0.5) is 0 Å². The number of rotatable bonds is 2. The maximum Gasteiger partial charge on any atom is 0.149 e. The molecule has 0 aromatic carbocycles. The molecule has 1 aliphatic carbocycles. The largest absolute Gasteiger partial charge is 0.322 e. The van der Waals surface area contributed by atoms with Crippen molar-refractivity contribution in [1.82, 2.24) is 14.8 Å². The average Bonchev–Trinajstić information content (AvgIpc) is 2.74. The lowest BCUT2D eigenvalue weighted by molar-refractivity contribution is 0.483. The summed E-state index contributed by atoms with van der Waals surface area (Å²) in [6, 6.07) is 0.582. The molecule has 0 amide bonds. The first-order chi connectivity index (χ1) is 6.29. The van der Waals surface area contributed by atoms with Crippen molar-refractivity contribution in [3.05, 3.63) is 12.2 Å². The van der Waals surface area contributed by atoms with Crippen molar-refractivity contribution >= 4 is 0 Å². The van der Waals surface area contributed by atoms with Gasteiger partial charge in [-0.15, -0.1) is 10.2 Å². The van der Waals surface area contributed by atoms with Gasteiger partial charge in [0.25, 0.3) is 0 Å². The summed E-state index contributed by atoms with van der Waals surface area (Å²) in [6.45, 7) is 1.95. The standard InChI is InChI=1S/C9H16N4/c1-7(10)9-12-11-6-13(9)8-4-2-3-5-8/h6-8H,2-5,10H2,1H3/t7-/m1/s1. The van der Waals surface area contributed by atoms with Gasteiger partial charge < -0.3 is 10.3 Å². The summed E-state index contributed by atoms with van der Waals surface area (Å²) in [6.07, 6.45) is 6.95. The van der Waals surface area contributed by atoms with E-state index >= 15 is 0 Å². The molecule has 1 aromatic heterocycles. The van der Waals surface area contributed by atoms with Crippen molar-refractivity contribution < 1.29 is 0 Å². The van der Waals surface area contributed by atoms with Crippen molar-refractivity contribution in [3.63, 3.8) is 0 Å². The quantitative estimate of drug-likeness (QED) is 0.748. The summed E-state index contributed by atoms with van der Waals surface area (Å²) < 4.78 is 2.15. The highest BCUT2D eigenvalue weighted by Gasteiger charge is 2.20. The van der Waals surface area contributed by atoms with Crippen LogP contribution in [0.15, 0.2) is 6.33 Å². The SMILES string of the molecule is C[C@@H](N)c1nncn1C1CCCC1. The van der Waals surface area contributed by atoms with Gasteiger partial charge in [0, 0.05) is 6.04 Å². The van der Waals surface area contributed by atoms with Crippen molar-refractivity contribution in [2.45, 2.75) is 44.7 Å². The van der Waals surface area contributed by atoms with Gasteiger partial charge in [0.2, 0.25) is 0 Å². The van der Waals surface area contributed by atoms with Crippen LogP contribution in [0, 0.1) is 0 Å². The molecule has 4 nitrogen and oxygen atoms in total. The molecule has 13 heavy (non-hydrogen) atoms. The van der Waals surface area contributed by atoms with Crippen LogP contribution in [-0.4, -0.2) is 14.8 Å². The molecule has 0 saturated heterocycles. The molecule has 2 rings (SSSR count). The van der Waals surface area contributed by atoms with Gasteiger partial charge in [-0.3, -0.25) is 0 Å². The third-order valence-corrected chi connectivity index (χ3v) is 2.73. The fraction of sp³-hybridized carbons (Fsp3) is 0.778. The van der Waals surface area contributed by atoms with Gasteiger partial charge >= 0.3 is 0 Å². The van der Waals surface area contributed by atoms with Crippen LogP contribution < -0.4 is 5.73 Å². The molecule has 0 aliphatic heterocycles. The fourth-order valence-corrected chi connectivity index (χ4v) is 2.04. The first-order valence-electron chi connectivity index (χ1n) is 4.94. The zero-order valence-corrected chi connectivity index (χ0v) is 7.98. The summed E-state index contributed by atoms with van der Waals surface area (Å²) in [4.78, 5) is 0. The Morgan fingerprint density at radius 2 is 2.23 bits per heavy atom. The van der Waals surface area contributed by atoms with Crippen LogP contribution >= 0.6 is 0 Å². The third-order valence-electron chi connectivity index (χ3n) is 2.73. The van der Waals surface area contributed by atoms with Crippen LogP contribution in [0.3, 0.4) is 0 Å². The molecule has 0 spiro atoms. The Bertz CT molecular complexity index is 273. The summed E-state index contributed by atoms with van der Waals surface area (Å²) in [7, 11) is 0. The smallest absolute Gasteiger partial charge is 0.149 e. The summed E-state index contributed by atoms with van der Waals surface area (Å²) in [5.74, 6) is 0.923. The van der Waals surface area contributed by atoms with E-state index in [4.69, 9.17) is 5.73 Å². The van der Waals surface area contributed by atoms with E-state index in [1.807, 2.05) is 13.3 Å². The molecule has 4 heteroatoms. The summed E-state index contributed by atoms with van der Waals surface area (Å²) in [5, 5.41) is 7.97. The number of nitrogens with zero attached hydrogens (tertiary/aromatic N) is 3. The van der Waals surface area contributed by atoms with Crippen molar-refractivity contribution in [1.29, 1.82) is 0 Å². The second kappa shape index (κ2) is 3.46. The molecule has 1 saturated carbocycles. The third kappa shape index (κ3) is 1.58. The van der Waals surface area contributed by atoms with Gasteiger partial charge in [-0.2, -0.15) is 0 Å². The fourth-order valence-electron chi connectivity index (χ4n) is 2.04. The first-order valence-corrected chi connectivity index (χ1v) is 4.94. The van der Waals surface area contributed by atoms with Crippen LogP contribution in [0.1, 0.15) is 50.5 Å². The Balaban J connectivity index is 2.23. The molecule has 1 fully saturated rings. The van der Waals surface area contributed by atoms with Crippen LogP contribution in [-0.2, 0) is 0 Å². The molecule has 1 heterocycles. The number of aromatic nitrogens is 3. The van der Waals surface area contributed by atoms with E-state index in [1.165, 1.54) is 25.7 Å². The van der Waals surface area contributed by atoms with Crippen LogP contribution in [0.25, 0.3) is 0 Å². The molecule has 1 atom stereocenters. The maximum absolute atomic E-state index is 5.80. The number of hydrogen-bond donors (Lipinski definition) is 1. The Morgan fingerprint density at radius 3 is 2.85 bits per heavy atom. The van der Waals surface area contributed by atoms with E-state index < -0.39 is 0 Å². The second-order valence-corrected chi connectivity index (χ2v) is 3.82. The van der Waals surface area contributed by atoms with Gasteiger partial charge in [0.05, 0.1) is 6.04 Å². The normalized spacial score (nSPS) is 20.8. The summed E-state index contributed by atoms with van der Waals surface area (Å²) >= 11 is 0. The molecular formula is C9H16N4. The van der Waals surface area contributed by atoms with Crippen molar-refractivity contribution in [2.75, 3.05) is 0 Å². The minimum absolute atomic E-state index is 0.0110. The molecule has 72 valence electrons. The zero-order chi connectivity index (χ0) is 9.26. The van der Waals surface area contributed by atoms with Crippen LogP contribution in [0.5, 0.6) is 0 Å². The van der Waals surface area contributed by atoms with E-state index in [0.29, 0.717) is 6.04 Å². The Kier molecular flexibility index (Phi) is 2.31. The average molecular weight is 180 g/mol. The van der Waals surface area contributed by atoms with Gasteiger partial charge in [-0.1, -0.05) is 12.8 Å². The summed E-state index contributed by atoms with van der Waals surface area (Å²) in [5.41, 5.74) is 5.80. The van der Waals surface area contributed by atoms with E-state index in [0.717, 1.165) is 5.82 Å². The van der Waals surface area contributed by atoms with E-state index in [1.54, 1.807) is 0 Å². The van der Waals surface area contributed by atoms with Crippen LogP contribution in [0.2, 0.25) is 0 Å². The number of hydrogen-bond acceptors (Lipinski definition) is 3. The van der Waals surface area contributed by atoms with E-state index in [-0.39, 0.29) is 6.04 Å². The van der Waals surface area contributed by atoms with Gasteiger partial charge in [-0.05, 0) is 19.8 Å². The predicted molar refractivity (Wildman–Crippen MR) is 50.1 cm³/mol. The minimum atomic E-state index is -0.0110. The Morgan fingerprint density at radius 1 is 1.54 bits per heavy atom. The molecule has 0 radical (unpaired) electrons. The zero-order valence-electron chi connectivity index (χ0n) is 7.98. The highest BCUT2D eigenvalue weighted by atomic mass is 15.3. The van der Waals surface area contributed by atoms with Gasteiger partial charge in [0.1, 0.15) is 12.2 Å². The topological polar surface area (TPSA) is 56.7 Å². The Hall–Kier alpha value is -0.900. The lowest BCUT2D eigenvalue weighted by Crippen LogP contribution is -2.15. The second-order valence-electron chi connectivity index (χ2n) is 3.82. The molecule has 1 aliphatic rings. The predicted octanol–water partition coefficient (Wildman–Crippen LogP) is 1.41. The number of nitrogens with two attached hydrogens (primary N) is 1. The molecule has 2 N–H and O–H groups in total. The van der Waals surface area contributed by atoms with Gasteiger partial charge in [-0.25, -0.2) is 0 Å². The lowest BCUT2D eigenvalue weighted by atomic mass is 10.2. The molecule has 1 aromatic rings. The minimum Gasteiger partial charge on any atom is -0.322 e. The molecule has 0 unspecified atom stereocenters. The monoisotopic (exact) mass is 180 g/mol. The van der Waals surface area contributed by atoms with Crippen molar-refractivity contribution in [2.24, 2.45) is 5.73 Å². The van der Waals surface area contributed by atoms with Crippen molar-refractivity contribution in [3.8, 4) is 0 Å². The lowest BCUT2D eigenvalue weighted by Gasteiger charge is -2.14. The molecular weight excluding hydrogens is 164 g/mol.